The van der Waals surface area contributed by atoms with Crippen molar-refractivity contribution in [2.75, 3.05) is 0 Å². The zero-order valence-corrected chi connectivity index (χ0v) is 19.4. The number of aromatic nitrogens is 1. The minimum absolute atomic E-state index is 0.0142. The molecule has 0 fully saturated rings. The lowest BCUT2D eigenvalue weighted by molar-refractivity contribution is 0.191. The number of nitrogens with one attached hydrogen (secondary N) is 1. The molecule has 0 amide bonds. The fourth-order valence-electron chi connectivity index (χ4n) is 4.56. The van der Waals surface area contributed by atoms with Crippen molar-refractivity contribution >= 4 is 21.7 Å². The molecule has 5 aromatic rings. The van der Waals surface area contributed by atoms with Crippen molar-refractivity contribution in [1.29, 1.82) is 0 Å². The Morgan fingerprint density at radius 3 is 2.38 bits per heavy atom. The lowest BCUT2D eigenvalue weighted by Crippen LogP contribution is -2.29. The van der Waals surface area contributed by atoms with E-state index >= 15 is 0 Å². The van der Waals surface area contributed by atoms with Crippen LogP contribution in [-0.4, -0.2) is 9.88 Å². The summed E-state index contributed by atoms with van der Waals surface area (Å²) in [6.07, 6.45) is 0. The molecule has 4 heteroatoms. The van der Waals surface area contributed by atoms with Gasteiger partial charge >= 0.3 is 0 Å². The summed E-state index contributed by atoms with van der Waals surface area (Å²) >= 11 is 0. The molecule has 170 valence electrons. The molecule has 0 spiro atoms. The number of rotatable bonds is 6. The normalized spacial score (nSPS) is 12.5. The van der Waals surface area contributed by atoms with Crippen molar-refractivity contribution in [2.45, 2.75) is 33.0 Å². The van der Waals surface area contributed by atoms with Crippen LogP contribution in [0.1, 0.15) is 35.2 Å². The molecule has 34 heavy (non-hydrogen) atoms. The van der Waals surface area contributed by atoms with Gasteiger partial charge in [0.05, 0.1) is 0 Å². The monoisotopic (exact) mass is 450 g/mol. The molecule has 5 rings (SSSR count). The Morgan fingerprint density at radius 2 is 1.59 bits per heavy atom. The molecular weight excluding hydrogens is 423 g/mol. The van der Waals surface area contributed by atoms with Crippen molar-refractivity contribution in [3.63, 3.8) is 0 Å². The number of aromatic amines is 1. The Kier molecular flexibility index (Phi) is 5.99. The molecule has 1 unspecified atom stereocenters. The van der Waals surface area contributed by atoms with E-state index in [1.165, 1.54) is 28.5 Å². The fourth-order valence-corrected chi connectivity index (χ4v) is 4.56. The van der Waals surface area contributed by atoms with Crippen LogP contribution in [0.4, 0.5) is 4.39 Å². The highest BCUT2D eigenvalue weighted by molar-refractivity contribution is 5.83. The zero-order chi connectivity index (χ0) is 23.7. The molecule has 0 saturated carbocycles. The van der Waals surface area contributed by atoms with Gasteiger partial charge in [-0.3, -0.25) is 9.69 Å². The molecule has 4 aromatic carbocycles. The number of benzene rings is 4. The number of aryl methyl sites for hydroxylation is 1. The van der Waals surface area contributed by atoms with Gasteiger partial charge in [0.15, 0.2) is 0 Å². The van der Waals surface area contributed by atoms with Gasteiger partial charge in [-0.15, -0.1) is 0 Å². The van der Waals surface area contributed by atoms with Crippen molar-refractivity contribution in [2.24, 2.45) is 0 Å². The average Bonchev–Trinajstić information content (AvgIpc) is 2.84. The maximum Gasteiger partial charge on any atom is 0.252 e. The Bertz CT molecular complexity index is 1520. The third-order valence-corrected chi connectivity index (χ3v) is 6.55. The summed E-state index contributed by atoms with van der Waals surface area (Å²) in [6.45, 7) is 5.29. The van der Waals surface area contributed by atoms with E-state index in [0.717, 1.165) is 22.0 Å². The first kappa shape index (κ1) is 22.1. The van der Waals surface area contributed by atoms with Crippen molar-refractivity contribution in [3.8, 4) is 0 Å². The minimum Gasteiger partial charge on any atom is -0.322 e. The summed E-state index contributed by atoms with van der Waals surface area (Å²) in [4.78, 5) is 18.3. The second-order valence-electron chi connectivity index (χ2n) is 9.03. The van der Waals surface area contributed by atoms with E-state index < -0.39 is 0 Å². The maximum atomic E-state index is 13.6. The topological polar surface area (TPSA) is 36.1 Å². The van der Waals surface area contributed by atoms with E-state index in [9.17, 15) is 9.18 Å². The average molecular weight is 451 g/mol. The van der Waals surface area contributed by atoms with Crippen LogP contribution in [0.2, 0.25) is 0 Å². The van der Waals surface area contributed by atoms with Crippen LogP contribution >= 0.6 is 0 Å². The Morgan fingerprint density at radius 1 is 0.824 bits per heavy atom. The number of pyridine rings is 1. The molecule has 3 nitrogen and oxygen atoms in total. The number of hydrogen-bond acceptors (Lipinski definition) is 2. The molecule has 0 aliphatic rings. The number of fused-ring (bicyclic) bond motifs is 2. The first-order chi connectivity index (χ1) is 16.5. The molecule has 1 aromatic heterocycles. The van der Waals surface area contributed by atoms with Gasteiger partial charge in [-0.2, -0.15) is 0 Å². The Balaban J connectivity index is 1.52. The summed E-state index contributed by atoms with van der Waals surface area (Å²) in [7, 11) is 0. The number of hydrogen-bond donors (Lipinski definition) is 1. The molecule has 0 aliphatic carbocycles. The molecule has 1 atom stereocenters. The fraction of sp³-hybridized carbons (Fsp3) is 0.167. The Labute approximate surface area is 198 Å². The third-order valence-electron chi connectivity index (χ3n) is 6.55. The lowest BCUT2D eigenvalue weighted by Gasteiger charge is -2.30. The van der Waals surface area contributed by atoms with E-state index in [2.05, 4.69) is 53.2 Å². The Hall–Kier alpha value is -3.76. The summed E-state index contributed by atoms with van der Waals surface area (Å²) in [5.41, 5.74) is 4.81. The smallest absolute Gasteiger partial charge is 0.252 e. The predicted molar refractivity (Wildman–Crippen MR) is 137 cm³/mol. The maximum absolute atomic E-state index is 13.6. The second-order valence-corrected chi connectivity index (χ2v) is 9.03. The van der Waals surface area contributed by atoms with E-state index in [0.29, 0.717) is 18.7 Å². The highest BCUT2D eigenvalue weighted by atomic mass is 19.1. The highest BCUT2D eigenvalue weighted by Gasteiger charge is 2.19. The summed E-state index contributed by atoms with van der Waals surface area (Å²) in [6, 6.07) is 29.4. The third kappa shape index (κ3) is 4.63. The zero-order valence-electron chi connectivity index (χ0n) is 19.4. The molecule has 0 saturated heterocycles. The molecule has 0 aliphatic heterocycles. The summed E-state index contributed by atoms with van der Waals surface area (Å²) in [5.74, 6) is -0.252. The standard InChI is InChI=1S/C30H27FN2O/c1-20-7-14-29-26(15-20)17-27(30(34)32-29)19-33(21(2)23-10-12-28(31)13-11-23)18-22-8-9-24-5-3-4-6-25(24)16-22/h3-17,21H,18-19H2,1-2H3,(H,32,34). The van der Waals surface area contributed by atoms with Gasteiger partial charge in [0.1, 0.15) is 5.82 Å². The van der Waals surface area contributed by atoms with Crippen molar-refractivity contribution in [3.05, 3.63) is 129 Å². The van der Waals surface area contributed by atoms with E-state index in [-0.39, 0.29) is 17.4 Å². The molecule has 0 radical (unpaired) electrons. The van der Waals surface area contributed by atoms with Crippen LogP contribution in [0.5, 0.6) is 0 Å². The van der Waals surface area contributed by atoms with Gasteiger partial charge in [0.25, 0.3) is 5.56 Å². The first-order valence-corrected chi connectivity index (χ1v) is 11.6. The van der Waals surface area contributed by atoms with Crippen LogP contribution < -0.4 is 5.56 Å². The molecule has 1 N–H and O–H groups in total. The van der Waals surface area contributed by atoms with E-state index in [1.54, 1.807) is 0 Å². The van der Waals surface area contributed by atoms with Crippen molar-refractivity contribution < 1.29 is 4.39 Å². The highest BCUT2D eigenvalue weighted by Crippen LogP contribution is 2.26. The summed E-state index contributed by atoms with van der Waals surface area (Å²) in [5, 5.41) is 3.41. The molecule has 1 heterocycles. The number of nitrogens with zero attached hydrogens (tertiary/aromatic N) is 1. The summed E-state index contributed by atoms with van der Waals surface area (Å²) < 4.78 is 13.6. The van der Waals surface area contributed by atoms with Crippen LogP contribution in [0.3, 0.4) is 0 Å². The van der Waals surface area contributed by atoms with Gasteiger partial charge in [0, 0.05) is 30.2 Å². The van der Waals surface area contributed by atoms with Gasteiger partial charge in [0.2, 0.25) is 0 Å². The largest absolute Gasteiger partial charge is 0.322 e. The van der Waals surface area contributed by atoms with Gasteiger partial charge < -0.3 is 4.98 Å². The van der Waals surface area contributed by atoms with Crippen LogP contribution in [0.15, 0.2) is 95.8 Å². The van der Waals surface area contributed by atoms with Crippen LogP contribution in [0.25, 0.3) is 21.7 Å². The van der Waals surface area contributed by atoms with Gasteiger partial charge in [-0.1, -0.05) is 60.2 Å². The van der Waals surface area contributed by atoms with Gasteiger partial charge in [-0.25, -0.2) is 4.39 Å². The van der Waals surface area contributed by atoms with Crippen LogP contribution in [0, 0.1) is 12.7 Å². The number of H-pyrrole nitrogens is 1. The quantitative estimate of drug-likeness (QED) is 0.306. The second kappa shape index (κ2) is 9.24. The number of halogens is 1. The lowest BCUT2D eigenvalue weighted by atomic mass is 10.0. The van der Waals surface area contributed by atoms with E-state index in [4.69, 9.17) is 0 Å². The van der Waals surface area contributed by atoms with Gasteiger partial charge in [-0.05, 0) is 77.5 Å². The van der Waals surface area contributed by atoms with Crippen molar-refractivity contribution in [1.82, 2.24) is 9.88 Å². The van der Waals surface area contributed by atoms with E-state index in [1.807, 2.05) is 49.4 Å². The molecule has 0 bridgehead atoms. The van der Waals surface area contributed by atoms with Crippen LogP contribution in [-0.2, 0) is 13.1 Å². The first-order valence-electron chi connectivity index (χ1n) is 11.6. The predicted octanol–water partition coefficient (Wildman–Crippen LogP) is 6.89. The molecular formula is C30H27FN2O. The minimum atomic E-state index is -0.252. The SMILES string of the molecule is Cc1ccc2[nH]c(=O)c(CN(Cc3ccc4ccccc4c3)C(C)c3ccc(F)cc3)cc2c1.